The van der Waals surface area contributed by atoms with Crippen LogP contribution >= 0.6 is 11.6 Å². The third kappa shape index (κ3) is 3.23. The van der Waals surface area contributed by atoms with E-state index >= 15 is 0 Å². The van der Waals surface area contributed by atoms with E-state index in [2.05, 4.69) is 4.72 Å². The minimum atomic E-state index is -3.75. The summed E-state index contributed by atoms with van der Waals surface area (Å²) in [6, 6.07) is 4.30. The lowest BCUT2D eigenvalue weighted by atomic mass is 10.2. The topological polar surface area (TPSA) is 86.7 Å². The molecule has 1 aromatic carbocycles. The second-order valence-electron chi connectivity index (χ2n) is 4.53. The Labute approximate surface area is 122 Å². The summed E-state index contributed by atoms with van der Waals surface area (Å²) < 4.78 is 28.1. The second kappa shape index (κ2) is 5.99. The van der Waals surface area contributed by atoms with Crippen LogP contribution < -0.4 is 4.72 Å². The van der Waals surface area contributed by atoms with Crippen LogP contribution in [-0.2, 0) is 10.2 Å². The summed E-state index contributed by atoms with van der Waals surface area (Å²) in [5, 5.41) is 9.12. The summed E-state index contributed by atoms with van der Waals surface area (Å²) >= 11 is 5.81. The highest BCUT2D eigenvalue weighted by Crippen LogP contribution is 2.26. The van der Waals surface area contributed by atoms with Crippen LogP contribution in [0.3, 0.4) is 0 Å². The molecule has 0 bridgehead atoms. The molecule has 8 heteroatoms. The van der Waals surface area contributed by atoms with Gasteiger partial charge in [0.15, 0.2) is 0 Å². The largest absolute Gasteiger partial charge is 0.478 e. The quantitative estimate of drug-likeness (QED) is 0.890. The number of anilines is 1. The van der Waals surface area contributed by atoms with Gasteiger partial charge in [-0.15, -0.1) is 0 Å². The number of piperidine rings is 1. The predicted molar refractivity (Wildman–Crippen MR) is 76.4 cm³/mol. The summed E-state index contributed by atoms with van der Waals surface area (Å²) in [6.07, 6.45) is 2.62. The average Bonchev–Trinajstić information content (AvgIpc) is 2.39. The number of rotatable bonds is 4. The number of benzene rings is 1. The van der Waals surface area contributed by atoms with Gasteiger partial charge in [-0.25, -0.2) is 4.79 Å². The summed E-state index contributed by atoms with van der Waals surface area (Å²) in [7, 11) is -3.75. The fraction of sp³-hybridized carbons (Fsp3) is 0.417. The van der Waals surface area contributed by atoms with Crippen molar-refractivity contribution < 1.29 is 18.3 Å². The van der Waals surface area contributed by atoms with Gasteiger partial charge < -0.3 is 5.11 Å². The first-order valence-corrected chi connectivity index (χ1v) is 8.03. The Morgan fingerprint density at radius 2 is 1.90 bits per heavy atom. The zero-order valence-corrected chi connectivity index (χ0v) is 12.2. The number of carboxylic acid groups (broad SMARTS) is 1. The van der Waals surface area contributed by atoms with Gasteiger partial charge in [0.1, 0.15) is 5.56 Å². The number of carbonyl (C=O) groups is 1. The number of nitrogens with zero attached hydrogens (tertiary/aromatic N) is 1. The van der Waals surface area contributed by atoms with Crippen LogP contribution in [0.2, 0.25) is 5.02 Å². The van der Waals surface area contributed by atoms with Crippen molar-refractivity contribution in [2.24, 2.45) is 0 Å². The zero-order chi connectivity index (χ0) is 14.8. The fourth-order valence-corrected chi connectivity index (χ4v) is 3.71. The smallest absolute Gasteiger partial charge is 0.339 e. The summed E-state index contributed by atoms with van der Waals surface area (Å²) in [4.78, 5) is 11.2. The first kappa shape index (κ1) is 15.1. The Morgan fingerprint density at radius 1 is 1.25 bits per heavy atom. The lowest BCUT2D eigenvalue weighted by Crippen LogP contribution is -2.39. The van der Waals surface area contributed by atoms with E-state index in [-0.39, 0.29) is 16.3 Å². The van der Waals surface area contributed by atoms with Crippen LogP contribution in [-0.4, -0.2) is 36.9 Å². The van der Waals surface area contributed by atoms with Gasteiger partial charge in [-0.1, -0.05) is 24.1 Å². The molecule has 0 atom stereocenters. The second-order valence-corrected chi connectivity index (χ2v) is 6.61. The molecule has 2 rings (SSSR count). The molecule has 1 aliphatic heterocycles. The molecule has 1 saturated heterocycles. The molecule has 0 amide bonds. The molecule has 0 saturated carbocycles. The van der Waals surface area contributed by atoms with Crippen LogP contribution in [0.15, 0.2) is 18.2 Å². The fourth-order valence-electron chi connectivity index (χ4n) is 2.14. The van der Waals surface area contributed by atoms with Gasteiger partial charge in [-0.2, -0.15) is 12.7 Å². The van der Waals surface area contributed by atoms with E-state index in [0.29, 0.717) is 13.1 Å². The van der Waals surface area contributed by atoms with Gasteiger partial charge in [-0.05, 0) is 25.0 Å². The van der Waals surface area contributed by atoms with Crippen LogP contribution in [0.1, 0.15) is 29.6 Å². The Hall–Kier alpha value is -1.31. The normalized spacial score (nSPS) is 16.9. The number of halogens is 1. The number of hydrogen-bond acceptors (Lipinski definition) is 3. The number of hydrogen-bond donors (Lipinski definition) is 2. The Morgan fingerprint density at radius 3 is 2.50 bits per heavy atom. The molecule has 110 valence electrons. The summed E-state index contributed by atoms with van der Waals surface area (Å²) in [5.74, 6) is -1.27. The molecular weight excluding hydrogens is 304 g/mol. The number of carboxylic acids is 1. The monoisotopic (exact) mass is 318 g/mol. The molecule has 0 spiro atoms. The minimum Gasteiger partial charge on any atom is -0.478 e. The van der Waals surface area contributed by atoms with E-state index in [4.69, 9.17) is 16.7 Å². The van der Waals surface area contributed by atoms with Crippen LogP contribution in [0.4, 0.5) is 5.69 Å². The van der Waals surface area contributed by atoms with E-state index in [1.165, 1.54) is 22.5 Å². The first-order valence-electron chi connectivity index (χ1n) is 6.21. The average molecular weight is 319 g/mol. The molecule has 0 aliphatic carbocycles. The van der Waals surface area contributed by atoms with E-state index in [1.54, 1.807) is 0 Å². The van der Waals surface area contributed by atoms with Crippen molar-refractivity contribution in [2.45, 2.75) is 19.3 Å². The number of nitrogens with one attached hydrogen (secondary N) is 1. The Balaban J connectivity index is 2.29. The van der Waals surface area contributed by atoms with Crippen LogP contribution in [0, 0.1) is 0 Å². The molecule has 6 nitrogen and oxygen atoms in total. The Bertz CT molecular complexity index is 612. The molecule has 0 aromatic heterocycles. The van der Waals surface area contributed by atoms with Crippen molar-refractivity contribution in [1.29, 1.82) is 0 Å². The van der Waals surface area contributed by atoms with Crippen molar-refractivity contribution in [1.82, 2.24) is 4.31 Å². The molecule has 2 N–H and O–H groups in total. The van der Waals surface area contributed by atoms with Gasteiger partial charge in [-0.3, -0.25) is 4.72 Å². The SMILES string of the molecule is O=C(O)c1c(Cl)cccc1NS(=O)(=O)N1CCCCC1. The summed E-state index contributed by atoms with van der Waals surface area (Å²) in [5.41, 5.74) is -0.259. The standard InChI is InChI=1S/C12H15ClN2O4S/c13-9-5-4-6-10(11(9)12(16)17)14-20(18,19)15-7-2-1-3-8-15/h4-6,14H,1-3,7-8H2,(H,16,17). The van der Waals surface area contributed by atoms with E-state index in [9.17, 15) is 13.2 Å². The van der Waals surface area contributed by atoms with Crippen molar-refractivity contribution in [3.8, 4) is 0 Å². The van der Waals surface area contributed by atoms with Crippen LogP contribution in [0.5, 0.6) is 0 Å². The highest BCUT2D eigenvalue weighted by Gasteiger charge is 2.26. The van der Waals surface area contributed by atoms with Gasteiger partial charge >= 0.3 is 16.2 Å². The van der Waals surface area contributed by atoms with E-state index in [0.717, 1.165) is 19.3 Å². The Kier molecular flexibility index (Phi) is 4.52. The van der Waals surface area contributed by atoms with Gasteiger partial charge in [0.25, 0.3) is 0 Å². The minimum absolute atomic E-state index is 0.00339. The lowest BCUT2D eigenvalue weighted by molar-refractivity contribution is 0.0698. The highest BCUT2D eigenvalue weighted by molar-refractivity contribution is 7.90. The van der Waals surface area contributed by atoms with Crippen molar-refractivity contribution >= 4 is 33.5 Å². The maximum Gasteiger partial charge on any atom is 0.339 e. The van der Waals surface area contributed by atoms with Crippen molar-refractivity contribution in [3.05, 3.63) is 28.8 Å². The molecule has 0 unspecified atom stereocenters. The van der Waals surface area contributed by atoms with Gasteiger partial charge in [0, 0.05) is 13.1 Å². The molecule has 1 heterocycles. The number of aromatic carboxylic acids is 1. The van der Waals surface area contributed by atoms with Crippen molar-refractivity contribution in [2.75, 3.05) is 17.8 Å². The predicted octanol–water partition coefficient (Wildman–Crippen LogP) is 2.18. The van der Waals surface area contributed by atoms with Crippen LogP contribution in [0.25, 0.3) is 0 Å². The molecule has 20 heavy (non-hydrogen) atoms. The zero-order valence-electron chi connectivity index (χ0n) is 10.7. The molecule has 1 aromatic rings. The molecule has 1 fully saturated rings. The highest BCUT2D eigenvalue weighted by atomic mass is 35.5. The van der Waals surface area contributed by atoms with Gasteiger partial charge in [0.05, 0.1) is 10.7 Å². The summed E-state index contributed by atoms with van der Waals surface area (Å²) in [6.45, 7) is 0.886. The van der Waals surface area contributed by atoms with Crippen molar-refractivity contribution in [3.63, 3.8) is 0 Å². The van der Waals surface area contributed by atoms with E-state index in [1.807, 2.05) is 0 Å². The first-order chi connectivity index (χ1) is 9.42. The molecule has 0 radical (unpaired) electrons. The maximum atomic E-state index is 12.2. The van der Waals surface area contributed by atoms with Gasteiger partial charge in [0.2, 0.25) is 0 Å². The van der Waals surface area contributed by atoms with E-state index < -0.39 is 16.2 Å². The molecule has 1 aliphatic rings. The third-order valence-corrected chi connectivity index (χ3v) is 4.96. The third-order valence-electron chi connectivity index (χ3n) is 3.12. The molecular formula is C12H15ClN2O4S. The maximum absolute atomic E-state index is 12.2. The lowest BCUT2D eigenvalue weighted by Gasteiger charge is -2.26.